The summed E-state index contributed by atoms with van der Waals surface area (Å²) >= 11 is 6.05. The Morgan fingerprint density at radius 1 is 1.00 bits per heavy atom. The number of phenols is 1. The number of nitrogens with zero attached hydrogens (tertiary/aromatic N) is 1. The Labute approximate surface area is 137 Å². The fourth-order valence-electron chi connectivity index (χ4n) is 2.36. The van der Waals surface area contributed by atoms with Gasteiger partial charge in [-0.25, -0.2) is 4.90 Å². The van der Waals surface area contributed by atoms with Crippen molar-refractivity contribution in [1.29, 1.82) is 0 Å². The van der Waals surface area contributed by atoms with Crippen LogP contribution in [0.4, 0.5) is 11.4 Å². The van der Waals surface area contributed by atoms with Gasteiger partial charge in [-0.3, -0.25) is 9.59 Å². The number of aromatic hydroxyl groups is 1. The van der Waals surface area contributed by atoms with E-state index in [1.54, 1.807) is 43.3 Å². The minimum Gasteiger partial charge on any atom is -0.506 e. The Bertz CT molecular complexity index is 845. The van der Waals surface area contributed by atoms with Crippen molar-refractivity contribution >= 4 is 34.8 Å². The van der Waals surface area contributed by atoms with Crippen LogP contribution in [0.5, 0.6) is 5.75 Å². The molecule has 0 fully saturated rings. The predicted octanol–water partition coefficient (Wildman–Crippen LogP) is 3.14. The molecule has 2 aromatic rings. The van der Waals surface area contributed by atoms with E-state index in [-0.39, 0.29) is 16.5 Å². The number of phenolic OH excluding ortho intramolecular Hbond substituents is 1. The number of hydrogen-bond acceptors (Lipinski definition) is 4. The lowest BCUT2D eigenvalue weighted by atomic mass is 10.2. The quantitative estimate of drug-likeness (QED) is 0.671. The number of amides is 2. The minimum absolute atomic E-state index is 0.0425. The summed E-state index contributed by atoms with van der Waals surface area (Å²) in [5.74, 6) is -1.19. The number of carbonyl (C=O) groups is 2. The van der Waals surface area contributed by atoms with Crippen LogP contribution < -0.4 is 10.2 Å². The summed E-state index contributed by atoms with van der Waals surface area (Å²) in [6, 6.07) is 13.4. The fraction of sp³-hybridized carbons (Fsp3) is 0.0588. The maximum Gasteiger partial charge on any atom is 0.283 e. The molecule has 0 spiro atoms. The molecular weight excluding hydrogens is 316 g/mol. The van der Waals surface area contributed by atoms with Gasteiger partial charge < -0.3 is 10.4 Å². The van der Waals surface area contributed by atoms with Crippen LogP contribution in [0.25, 0.3) is 0 Å². The highest BCUT2D eigenvalue weighted by molar-refractivity contribution is 6.53. The second-order valence-electron chi connectivity index (χ2n) is 5.06. The predicted molar refractivity (Wildman–Crippen MR) is 88.3 cm³/mol. The average molecular weight is 329 g/mol. The average Bonchev–Trinajstić information content (AvgIpc) is 2.74. The highest BCUT2D eigenvalue weighted by Crippen LogP contribution is 2.33. The largest absolute Gasteiger partial charge is 0.506 e. The molecule has 0 saturated carbocycles. The van der Waals surface area contributed by atoms with Crippen LogP contribution >= 0.6 is 11.6 Å². The molecule has 23 heavy (non-hydrogen) atoms. The van der Waals surface area contributed by atoms with Crippen LogP contribution in [-0.4, -0.2) is 16.9 Å². The lowest BCUT2D eigenvalue weighted by Gasteiger charge is -2.17. The number of nitrogens with one attached hydrogen (secondary N) is 1. The Morgan fingerprint density at radius 3 is 2.35 bits per heavy atom. The summed E-state index contributed by atoms with van der Waals surface area (Å²) in [4.78, 5) is 26.0. The van der Waals surface area contributed by atoms with Gasteiger partial charge in [0.2, 0.25) is 0 Å². The van der Waals surface area contributed by atoms with Crippen LogP contribution in [0, 0.1) is 6.92 Å². The summed E-state index contributed by atoms with van der Waals surface area (Å²) in [5, 5.41) is 12.3. The van der Waals surface area contributed by atoms with Crippen molar-refractivity contribution in [3.05, 3.63) is 64.8 Å². The monoisotopic (exact) mass is 328 g/mol. The zero-order chi connectivity index (χ0) is 16.6. The van der Waals surface area contributed by atoms with Crippen LogP contribution in [0.2, 0.25) is 0 Å². The molecule has 1 heterocycles. The summed E-state index contributed by atoms with van der Waals surface area (Å²) in [5.41, 5.74) is 1.51. The van der Waals surface area contributed by atoms with Crippen molar-refractivity contribution in [2.24, 2.45) is 0 Å². The van der Waals surface area contributed by atoms with Crippen molar-refractivity contribution in [1.82, 2.24) is 0 Å². The van der Waals surface area contributed by atoms with Crippen molar-refractivity contribution < 1.29 is 14.7 Å². The molecule has 3 rings (SSSR count). The van der Waals surface area contributed by atoms with Gasteiger partial charge in [0, 0.05) is 0 Å². The Hall–Kier alpha value is -2.79. The van der Waals surface area contributed by atoms with Gasteiger partial charge in [-0.2, -0.15) is 0 Å². The van der Waals surface area contributed by atoms with Crippen molar-refractivity contribution in [3.63, 3.8) is 0 Å². The summed E-state index contributed by atoms with van der Waals surface area (Å²) in [6.45, 7) is 1.80. The summed E-state index contributed by atoms with van der Waals surface area (Å²) in [6.07, 6.45) is 0. The van der Waals surface area contributed by atoms with Gasteiger partial charge >= 0.3 is 0 Å². The second-order valence-corrected chi connectivity index (χ2v) is 5.44. The first-order valence-corrected chi connectivity index (χ1v) is 7.27. The molecule has 2 aromatic carbocycles. The lowest BCUT2D eigenvalue weighted by Crippen LogP contribution is -2.32. The van der Waals surface area contributed by atoms with E-state index < -0.39 is 11.8 Å². The third kappa shape index (κ3) is 2.55. The van der Waals surface area contributed by atoms with Gasteiger partial charge in [0.25, 0.3) is 11.8 Å². The molecule has 0 bridgehead atoms. The minimum atomic E-state index is -0.594. The Kier molecular flexibility index (Phi) is 3.80. The Balaban J connectivity index is 1.97. The molecular formula is C17H13ClN2O3. The topological polar surface area (TPSA) is 69.6 Å². The van der Waals surface area contributed by atoms with Gasteiger partial charge in [-0.15, -0.1) is 0 Å². The first-order chi connectivity index (χ1) is 11.0. The molecule has 0 unspecified atom stereocenters. The molecule has 0 saturated heterocycles. The van der Waals surface area contributed by atoms with E-state index in [1.165, 1.54) is 6.07 Å². The third-order valence-corrected chi connectivity index (χ3v) is 3.90. The molecule has 0 atom stereocenters. The van der Waals surface area contributed by atoms with E-state index >= 15 is 0 Å². The molecule has 116 valence electrons. The molecule has 2 N–H and O–H groups in total. The number of imide groups is 1. The van der Waals surface area contributed by atoms with Crippen molar-refractivity contribution in [2.75, 3.05) is 10.2 Å². The maximum absolute atomic E-state index is 12.6. The first-order valence-electron chi connectivity index (χ1n) is 6.90. The van der Waals surface area contributed by atoms with Crippen molar-refractivity contribution in [2.45, 2.75) is 6.92 Å². The number of para-hydroxylation sites is 3. The van der Waals surface area contributed by atoms with Crippen LogP contribution in [0.1, 0.15) is 5.56 Å². The number of carbonyl (C=O) groups excluding carboxylic acids is 2. The second kappa shape index (κ2) is 5.78. The van der Waals surface area contributed by atoms with E-state index in [4.69, 9.17) is 11.6 Å². The standard InChI is InChI=1S/C17H13ClN2O3/c1-10-6-2-4-8-12(10)20-16(22)14(18)15(17(20)23)19-11-7-3-5-9-13(11)21/h2-9,19,21H,1H3. The maximum atomic E-state index is 12.6. The lowest BCUT2D eigenvalue weighted by molar-refractivity contribution is -0.120. The zero-order valence-electron chi connectivity index (χ0n) is 12.2. The number of rotatable bonds is 3. The molecule has 0 aliphatic carbocycles. The SMILES string of the molecule is Cc1ccccc1N1C(=O)C(Cl)=C(Nc2ccccc2O)C1=O. The van der Waals surface area contributed by atoms with Gasteiger partial charge in [-0.05, 0) is 30.7 Å². The molecule has 5 nitrogen and oxygen atoms in total. The summed E-state index contributed by atoms with van der Waals surface area (Å²) in [7, 11) is 0. The van der Waals surface area contributed by atoms with Crippen molar-refractivity contribution in [3.8, 4) is 5.75 Å². The van der Waals surface area contributed by atoms with E-state index in [2.05, 4.69) is 5.32 Å². The molecule has 1 aliphatic rings. The van der Waals surface area contributed by atoms with Gasteiger partial charge in [-0.1, -0.05) is 41.9 Å². The molecule has 2 amide bonds. The van der Waals surface area contributed by atoms with Crippen LogP contribution in [0.3, 0.4) is 0 Å². The smallest absolute Gasteiger partial charge is 0.283 e. The highest BCUT2D eigenvalue weighted by Gasteiger charge is 2.39. The van der Waals surface area contributed by atoms with Gasteiger partial charge in [0.15, 0.2) is 0 Å². The van der Waals surface area contributed by atoms with Gasteiger partial charge in [0.05, 0.1) is 11.4 Å². The van der Waals surface area contributed by atoms with Gasteiger partial charge in [0.1, 0.15) is 16.5 Å². The number of halogens is 1. The summed E-state index contributed by atoms with van der Waals surface area (Å²) < 4.78 is 0. The first kappa shape index (κ1) is 15.1. The van der Waals surface area contributed by atoms with Crippen LogP contribution in [-0.2, 0) is 9.59 Å². The Morgan fingerprint density at radius 2 is 1.65 bits per heavy atom. The molecule has 1 aliphatic heterocycles. The molecule has 6 heteroatoms. The number of hydrogen-bond donors (Lipinski definition) is 2. The number of aryl methyl sites for hydroxylation is 1. The molecule has 0 aromatic heterocycles. The number of benzene rings is 2. The molecule has 0 radical (unpaired) electrons. The third-order valence-electron chi connectivity index (χ3n) is 3.55. The fourth-order valence-corrected chi connectivity index (χ4v) is 2.57. The van der Waals surface area contributed by atoms with E-state index in [0.29, 0.717) is 11.4 Å². The normalized spacial score (nSPS) is 14.6. The zero-order valence-corrected chi connectivity index (χ0v) is 13.0. The van der Waals surface area contributed by atoms with Crippen LogP contribution in [0.15, 0.2) is 59.3 Å². The van der Waals surface area contributed by atoms with E-state index in [0.717, 1.165) is 10.5 Å². The van der Waals surface area contributed by atoms with E-state index in [9.17, 15) is 14.7 Å². The highest BCUT2D eigenvalue weighted by atomic mass is 35.5. The van der Waals surface area contributed by atoms with E-state index in [1.807, 2.05) is 6.07 Å². The number of anilines is 2.